The van der Waals surface area contributed by atoms with Crippen molar-refractivity contribution in [3.05, 3.63) is 12.2 Å². The highest BCUT2D eigenvalue weighted by Gasteiger charge is 2.36. The Labute approximate surface area is 133 Å². The van der Waals surface area contributed by atoms with Crippen LogP contribution in [0.3, 0.4) is 0 Å². The highest BCUT2D eigenvalue weighted by Crippen LogP contribution is 2.32. The lowest BCUT2D eigenvalue weighted by Crippen LogP contribution is -2.24. The second-order valence-corrected chi connectivity index (χ2v) is 5.40. The van der Waals surface area contributed by atoms with Crippen molar-refractivity contribution in [2.75, 3.05) is 12.3 Å². The Morgan fingerprint density at radius 3 is 3.00 bits per heavy atom. The third-order valence-corrected chi connectivity index (χ3v) is 3.75. The molecule has 3 atom stereocenters. The Morgan fingerprint density at radius 1 is 1.48 bits per heavy atom. The number of fused-ring (bicyclic) bond motifs is 1. The molecule has 0 bridgehead atoms. The molecule has 0 aromatic carbocycles. The number of hydrogen-bond acceptors (Lipinski definition) is 7. The van der Waals surface area contributed by atoms with Crippen LogP contribution in [0.5, 0.6) is 0 Å². The molecule has 0 spiro atoms. The highest BCUT2D eigenvalue weighted by molar-refractivity contribution is 5.82. The fourth-order valence-corrected chi connectivity index (χ4v) is 2.59. The molecule has 3 heterocycles. The van der Waals surface area contributed by atoms with Gasteiger partial charge in [0.2, 0.25) is 0 Å². The van der Waals surface area contributed by atoms with Gasteiger partial charge >= 0.3 is 0 Å². The fourth-order valence-electron chi connectivity index (χ4n) is 2.59. The molecule has 1 aliphatic rings. The Balaban J connectivity index is 2.08. The van der Waals surface area contributed by atoms with Gasteiger partial charge in [0.15, 0.2) is 22.8 Å². The molecule has 8 heteroatoms. The zero-order valence-electron chi connectivity index (χ0n) is 12.8. The standard InChI is InChI=1S/C15H19N5O3/c1-2-3-4-5-11-19-13-14(16)17-8-18-15(13)20(11)12-6-9(22)10(7-21)23-12/h8-10,12,21-22H,2-3,6-7H2,1H3,(H2,16,17,18)/t9-,10+,12+/m0/s1. The van der Waals surface area contributed by atoms with Crippen LogP contribution in [0.15, 0.2) is 6.33 Å². The molecule has 0 saturated carbocycles. The second-order valence-electron chi connectivity index (χ2n) is 5.40. The molecule has 0 aliphatic carbocycles. The van der Waals surface area contributed by atoms with Crippen molar-refractivity contribution in [3.63, 3.8) is 0 Å². The molecule has 0 radical (unpaired) electrons. The van der Waals surface area contributed by atoms with E-state index in [2.05, 4.69) is 26.8 Å². The van der Waals surface area contributed by atoms with E-state index in [0.29, 0.717) is 23.4 Å². The lowest BCUT2D eigenvalue weighted by molar-refractivity contribution is -0.0434. The van der Waals surface area contributed by atoms with E-state index >= 15 is 0 Å². The van der Waals surface area contributed by atoms with Crippen molar-refractivity contribution in [1.82, 2.24) is 19.5 Å². The summed E-state index contributed by atoms with van der Waals surface area (Å²) in [6.07, 6.45) is 1.48. The number of aliphatic hydroxyl groups is 2. The molecule has 2 aromatic rings. The maximum Gasteiger partial charge on any atom is 0.189 e. The summed E-state index contributed by atoms with van der Waals surface area (Å²) in [4.78, 5) is 12.6. The average molecular weight is 317 g/mol. The lowest BCUT2D eigenvalue weighted by atomic mass is 10.2. The molecular formula is C15H19N5O3. The first-order valence-corrected chi connectivity index (χ1v) is 7.57. The van der Waals surface area contributed by atoms with E-state index in [1.807, 2.05) is 6.92 Å². The number of nitrogens with two attached hydrogens (primary N) is 1. The zero-order chi connectivity index (χ0) is 16.4. The van der Waals surface area contributed by atoms with Crippen LogP contribution in [0.2, 0.25) is 0 Å². The van der Waals surface area contributed by atoms with Crippen LogP contribution in [-0.4, -0.2) is 48.5 Å². The Morgan fingerprint density at radius 2 is 2.30 bits per heavy atom. The molecule has 23 heavy (non-hydrogen) atoms. The van der Waals surface area contributed by atoms with Gasteiger partial charge in [-0.2, -0.15) is 0 Å². The number of hydrogen-bond donors (Lipinski definition) is 3. The minimum Gasteiger partial charge on any atom is -0.394 e. The van der Waals surface area contributed by atoms with E-state index < -0.39 is 18.4 Å². The largest absolute Gasteiger partial charge is 0.394 e. The number of ether oxygens (including phenoxy) is 1. The minimum absolute atomic E-state index is 0.252. The van der Waals surface area contributed by atoms with E-state index in [1.165, 1.54) is 6.33 Å². The third kappa shape index (κ3) is 2.86. The van der Waals surface area contributed by atoms with Gasteiger partial charge in [-0.3, -0.25) is 4.57 Å². The van der Waals surface area contributed by atoms with Crippen LogP contribution in [0.1, 0.15) is 38.2 Å². The first-order valence-electron chi connectivity index (χ1n) is 7.57. The van der Waals surface area contributed by atoms with E-state index in [1.54, 1.807) is 4.57 Å². The molecule has 1 saturated heterocycles. The number of unbranched alkanes of at least 4 members (excludes halogenated alkanes) is 1. The molecule has 2 aromatic heterocycles. The summed E-state index contributed by atoms with van der Waals surface area (Å²) in [5.74, 6) is 6.79. The van der Waals surface area contributed by atoms with E-state index in [9.17, 15) is 10.2 Å². The van der Waals surface area contributed by atoms with E-state index in [0.717, 1.165) is 12.8 Å². The van der Waals surface area contributed by atoms with Gasteiger partial charge in [-0.05, 0) is 12.3 Å². The SMILES string of the molecule is CCCC#Cc1nc2c(N)ncnc2n1[C@H]1C[C@H](O)[C@@H](CO)O1. The van der Waals surface area contributed by atoms with Crippen LogP contribution in [0, 0.1) is 11.8 Å². The molecule has 1 fully saturated rings. The quantitative estimate of drug-likeness (QED) is 0.692. The second kappa shape index (κ2) is 6.50. The maximum atomic E-state index is 9.98. The van der Waals surface area contributed by atoms with Crippen LogP contribution in [0.4, 0.5) is 5.82 Å². The Kier molecular flexibility index (Phi) is 4.43. The first kappa shape index (κ1) is 15.7. The van der Waals surface area contributed by atoms with Crippen molar-refractivity contribution < 1.29 is 14.9 Å². The highest BCUT2D eigenvalue weighted by atomic mass is 16.5. The molecule has 0 amide bonds. The smallest absolute Gasteiger partial charge is 0.189 e. The van der Waals surface area contributed by atoms with Gasteiger partial charge in [-0.15, -0.1) is 0 Å². The van der Waals surface area contributed by atoms with Gasteiger partial charge in [0.25, 0.3) is 0 Å². The predicted molar refractivity (Wildman–Crippen MR) is 83.1 cm³/mol. The molecule has 122 valence electrons. The summed E-state index contributed by atoms with van der Waals surface area (Å²) in [5.41, 5.74) is 6.83. The van der Waals surface area contributed by atoms with Gasteiger partial charge in [0.1, 0.15) is 18.7 Å². The van der Waals surface area contributed by atoms with Crippen LogP contribution < -0.4 is 5.73 Å². The number of nitrogens with zero attached hydrogens (tertiary/aromatic N) is 4. The summed E-state index contributed by atoms with van der Waals surface area (Å²) in [5, 5.41) is 19.2. The van der Waals surface area contributed by atoms with Crippen molar-refractivity contribution in [1.29, 1.82) is 0 Å². The number of nitrogen functional groups attached to an aromatic ring is 1. The number of aliphatic hydroxyl groups excluding tert-OH is 2. The number of rotatable bonds is 3. The van der Waals surface area contributed by atoms with Gasteiger partial charge in [0, 0.05) is 12.8 Å². The normalized spacial score (nSPS) is 23.9. The Bertz CT molecular complexity index is 764. The Hall–Kier alpha value is -2.21. The van der Waals surface area contributed by atoms with Crippen molar-refractivity contribution in [2.24, 2.45) is 0 Å². The summed E-state index contributed by atoms with van der Waals surface area (Å²) in [6.45, 7) is 1.79. The van der Waals surface area contributed by atoms with Crippen molar-refractivity contribution >= 4 is 17.0 Å². The van der Waals surface area contributed by atoms with Crippen LogP contribution in [-0.2, 0) is 4.74 Å². The molecule has 3 rings (SSSR count). The summed E-state index contributed by atoms with van der Waals surface area (Å²) in [7, 11) is 0. The number of imidazole rings is 1. The summed E-state index contributed by atoms with van der Waals surface area (Å²) < 4.78 is 7.43. The van der Waals surface area contributed by atoms with Crippen molar-refractivity contribution in [2.45, 2.75) is 44.6 Å². The monoisotopic (exact) mass is 317 g/mol. The lowest BCUT2D eigenvalue weighted by Gasteiger charge is -2.14. The average Bonchev–Trinajstić information content (AvgIpc) is 3.08. The summed E-state index contributed by atoms with van der Waals surface area (Å²) >= 11 is 0. The fraction of sp³-hybridized carbons (Fsp3) is 0.533. The van der Waals surface area contributed by atoms with Crippen LogP contribution >= 0.6 is 0 Å². The molecule has 8 nitrogen and oxygen atoms in total. The molecule has 1 aliphatic heterocycles. The number of anilines is 1. The van der Waals surface area contributed by atoms with Crippen molar-refractivity contribution in [3.8, 4) is 11.8 Å². The predicted octanol–water partition coefficient (Wildman–Crippen LogP) is 0.201. The van der Waals surface area contributed by atoms with Gasteiger partial charge in [-0.1, -0.05) is 12.8 Å². The van der Waals surface area contributed by atoms with E-state index in [-0.39, 0.29) is 12.4 Å². The number of aromatic nitrogens is 4. The van der Waals surface area contributed by atoms with Gasteiger partial charge in [-0.25, -0.2) is 15.0 Å². The topological polar surface area (TPSA) is 119 Å². The molecule has 4 N–H and O–H groups in total. The zero-order valence-corrected chi connectivity index (χ0v) is 12.8. The molecular weight excluding hydrogens is 298 g/mol. The first-order chi connectivity index (χ1) is 11.2. The maximum absolute atomic E-state index is 9.98. The van der Waals surface area contributed by atoms with Crippen LogP contribution in [0.25, 0.3) is 11.2 Å². The third-order valence-electron chi connectivity index (χ3n) is 3.75. The molecule has 0 unspecified atom stereocenters. The van der Waals surface area contributed by atoms with E-state index in [4.69, 9.17) is 10.5 Å². The minimum atomic E-state index is -0.752. The van der Waals surface area contributed by atoms with Gasteiger partial charge < -0.3 is 20.7 Å². The summed E-state index contributed by atoms with van der Waals surface area (Å²) in [6, 6.07) is 0. The van der Waals surface area contributed by atoms with Gasteiger partial charge in [0.05, 0.1) is 12.7 Å².